The highest BCUT2D eigenvalue weighted by atomic mass is 16.5. The fourth-order valence-corrected chi connectivity index (χ4v) is 1.67. The third-order valence-corrected chi connectivity index (χ3v) is 2.67. The highest BCUT2D eigenvalue weighted by Crippen LogP contribution is 2.29. The minimum absolute atomic E-state index is 0.0262. The normalized spacial score (nSPS) is 18.1. The van der Waals surface area contributed by atoms with Crippen LogP contribution in [0.1, 0.15) is 17.3 Å². The fraction of sp³-hybridized carbons (Fsp3) is 0.333. The molecule has 1 aliphatic heterocycles. The topological polar surface area (TPSA) is 46.4 Å². The van der Waals surface area contributed by atoms with Crippen LogP contribution in [0.15, 0.2) is 24.3 Å². The van der Waals surface area contributed by atoms with Gasteiger partial charge in [-0.3, -0.25) is 4.79 Å². The molecule has 0 radical (unpaired) electrons. The Morgan fingerprint density at radius 1 is 1.44 bits per heavy atom. The summed E-state index contributed by atoms with van der Waals surface area (Å²) in [6, 6.07) is 7.08. The molecule has 0 amide bonds. The van der Waals surface area contributed by atoms with Crippen LogP contribution in [0.25, 0.3) is 0 Å². The lowest BCUT2D eigenvalue weighted by molar-refractivity contribution is -0.139. The summed E-state index contributed by atoms with van der Waals surface area (Å²) >= 11 is 0. The highest BCUT2D eigenvalue weighted by Gasteiger charge is 2.41. The van der Waals surface area contributed by atoms with Gasteiger partial charge in [-0.15, -0.1) is 0 Å². The van der Waals surface area contributed by atoms with Gasteiger partial charge >= 0.3 is 5.97 Å². The van der Waals surface area contributed by atoms with Gasteiger partial charge in [-0.1, -0.05) is 12.1 Å². The van der Waals surface area contributed by atoms with Gasteiger partial charge in [0, 0.05) is 11.3 Å². The van der Waals surface area contributed by atoms with Gasteiger partial charge in [0.15, 0.2) is 5.78 Å². The van der Waals surface area contributed by atoms with Crippen molar-refractivity contribution in [3.63, 3.8) is 0 Å². The molecule has 0 N–H and O–H groups in total. The van der Waals surface area contributed by atoms with Gasteiger partial charge in [0.2, 0.25) is 0 Å². The molecule has 16 heavy (non-hydrogen) atoms. The zero-order valence-electron chi connectivity index (χ0n) is 9.27. The molecular weight excluding hydrogens is 206 g/mol. The molecule has 1 aliphatic rings. The molecule has 2 rings (SSSR count). The van der Waals surface area contributed by atoms with Crippen LogP contribution in [-0.4, -0.2) is 31.4 Å². The van der Waals surface area contributed by atoms with Gasteiger partial charge in [-0.05, 0) is 19.1 Å². The number of esters is 1. The summed E-state index contributed by atoms with van der Waals surface area (Å²) in [4.78, 5) is 24.3. The number of carbonyl (C=O) groups is 2. The number of ketones is 1. The summed E-state index contributed by atoms with van der Waals surface area (Å²) < 4.78 is 4.66. The Balaban J connectivity index is 2.15. The molecule has 4 nitrogen and oxygen atoms in total. The molecule has 1 unspecified atom stereocenters. The Morgan fingerprint density at radius 2 is 2.19 bits per heavy atom. The molecule has 4 heteroatoms. The number of ether oxygens (including phenoxy) is 1. The number of methoxy groups -OCH3 is 1. The number of nitrogens with zero attached hydrogens (tertiary/aromatic N) is 1. The molecule has 1 aromatic carbocycles. The van der Waals surface area contributed by atoms with Gasteiger partial charge in [0.05, 0.1) is 13.7 Å². The highest BCUT2D eigenvalue weighted by molar-refractivity contribution is 5.95. The van der Waals surface area contributed by atoms with Crippen molar-refractivity contribution in [2.45, 2.75) is 13.0 Å². The summed E-state index contributed by atoms with van der Waals surface area (Å²) in [5.74, 6) is -0.202. The van der Waals surface area contributed by atoms with Crippen molar-refractivity contribution in [3.8, 4) is 0 Å². The Bertz CT molecular complexity index is 442. The van der Waals surface area contributed by atoms with E-state index in [9.17, 15) is 9.59 Å². The summed E-state index contributed by atoms with van der Waals surface area (Å²) in [5, 5.41) is 0. The molecule has 1 aromatic rings. The molecule has 1 atom stereocenters. The minimum atomic E-state index is -0.228. The predicted octanol–water partition coefficient (Wildman–Crippen LogP) is 1.25. The monoisotopic (exact) mass is 219 g/mol. The zero-order chi connectivity index (χ0) is 11.7. The van der Waals surface area contributed by atoms with E-state index in [0.717, 1.165) is 5.69 Å². The Kier molecular flexibility index (Phi) is 2.64. The second kappa shape index (κ2) is 3.96. The number of hydrogen-bond acceptors (Lipinski definition) is 4. The van der Waals surface area contributed by atoms with Crippen LogP contribution in [-0.2, 0) is 9.53 Å². The second-order valence-corrected chi connectivity index (χ2v) is 3.80. The maximum atomic E-state index is 11.2. The first-order valence-corrected chi connectivity index (χ1v) is 5.09. The quantitative estimate of drug-likeness (QED) is 0.436. The maximum Gasteiger partial charge on any atom is 0.330 e. The molecule has 0 aliphatic carbocycles. The van der Waals surface area contributed by atoms with Crippen molar-refractivity contribution in [1.29, 1.82) is 0 Å². The van der Waals surface area contributed by atoms with E-state index in [-0.39, 0.29) is 17.8 Å². The SMILES string of the molecule is COC(=O)C1CN1c1cccc(C(C)=O)c1. The van der Waals surface area contributed by atoms with E-state index in [1.54, 1.807) is 12.1 Å². The fourth-order valence-electron chi connectivity index (χ4n) is 1.67. The van der Waals surface area contributed by atoms with Gasteiger partial charge in [0.1, 0.15) is 6.04 Å². The summed E-state index contributed by atoms with van der Waals surface area (Å²) in [6.45, 7) is 2.19. The molecule has 84 valence electrons. The van der Waals surface area contributed by atoms with Crippen molar-refractivity contribution in [2.24, 2.45) is 0 Å². The molecule has 0 bridgehead atoms. The standard InChI is InChI=1S/C12H13NO3/c1-8(14)9-4-3-5-10(6-9)13-7-11(13)12(15)16-2/h3-6,11H,7H2,1-2H3. The molecule has 0 aromatic heterocycles. The van der Waals surface area contributed by atoms with E-state index >= 15 is 0 Å². The number of hydrogen-bond donors (Lipinski definition) is 0. The van der Waals surface area contributed by atoms with Gasteiger partial charge < -0.3 is 9.64 Å². The smallest absolute Gasteiger partial charge is 0.330 e. The van der Waals surface area contributed by atoms with E-state index in [0.29, 0.717) is 12.1 Å². The average molecular weight is 219 g/mol. The van der Waals surface area contributed by atoms with E-state index in [1.807, 2.05) is 17.0 Å². The molecule has 0 saturated carbocycles. The third-order valence-electron chi connectivity index (χ3n) is 2.67. The number of rotatable bonds is 3. The lowest BCUT2D eigenvalue weighted by Crippen LogP contribution is -2.14. The van der Waals surface area contributed by atoms with E-state index in [1.165, 1.54) is 14.0 Å². The minimum Gasteiger partial charge on any atom is -0.467 e. The van der Waals surface area contributed by atoms with Crippen molar-refractivity contribution in [1.82, 2.24) is 0 Å². The van der Waals surface area contributed by atoms with E-state index in [2.05, 4.69) is 4.74 Å². The summed E-state index contributed by atoms with van der Waals surface area (Å²) in [5.41, 5.74) is 1.55. The lowest BCUT2D eigenvalue weighted by Gasteiger charge is -2.05. The van der Waals surface area contributed by atoms with Gasteiger partial charge in [-0.25, -0.2) is 4.79 Å². The Morgan fingerprint density at radius 3 is 2.81 bits per heavy atom. The van der Waals surface area contributed by atoms with Crippen molar-refractivity contribution in [3.05, 3.63) is 29.8 Å². The third kappa shape index (κ3) is 1.91. The van der Waals surface area contributed by atoms with Crippen molar-refractivity contribution >= 4 is 17.4 Å². The number of carbonyl (C=O) groups excluding carboxylic acids is 2. The van der Waals surface area contributed by atoms with Crippen LogP contribution in [0.2, 0.25) is 0 Å². The maximum absolute atomic E-state index is 11.2. The average Bonchev–Trinajstić information content (AvgIpc) is 3.08. The van der Waals surface area contributed by atoms with Gasteiger partial charge in [-0.2, -0.15) is 0 Å². The number of benzene rings is 1. The van der Waals surface area contributed by atoms with Crippen LogP contribution in [0.4, 0.5) is 5.69 Å². The first-order chi connectivity index (χ1) is 7.63. The second-order valence-electron chi connectivity index (χ2n) is 3.80. The first kappa shape index (κ1) is 10.7. The zero-order valence-corrected chi connectivity index (χ0v) is 9.27. The van der Waals surface area contributed by atoms with Crippen LogP contribution < -0.4 is 4.90 Å². The largest absolute Gasteiger partial charge is 0.467 e. The first-order valence-electron chi connectivity index (χ1n) is 5.09. The van der Waals surface area contributed by atoms with Crippen LogP contribution >= 0.6 is 0 Å². The molecule has 0 spiro atoms. The molecule has 1 heterocycles. The van der Waals surface area contributed by atoms with Crippen LogP contribution in [0.5, 0.6) is 0 Å². The Labute approximate surface area is 93.8 Å². The molecule has 1 fully saturated rings. The number of Topliss-reactive ketones (excluding diaryl/α,β-unsaturated/α-hetero) is 1. The van der Waals surface area contributed by atoms with Gasteiger partial charge in [0.25, 0.3) is 0 Å². The number of anilines is 1. The van der Waals surface area contributed by atoms with Crippen LogP contribution in [0, 0.1) is 0 Å². The van der Waals surface area contributed by atoms with E-state index < -0.39 is 0 Å². The van der Waals surface area contributed by atoms with E-state index in [4.69, 9.17) is 0 Å². The predicted molar refractivity (Wildman–Crippen MR) is 59.6 cm³/mol. The summed E-state index contributed by atoms with van der Waals surface area (Å²) in [7, 11) is 1.38. The van der Waals surface area contributed by atoms with Crippen molar-refractivity contribution in [2.75, 3.05) is 18.6 Å². The summed E-state index contributed by atoms with van der Waals surface area (Å²) in [6.07, 6.45) is 0. The van der Waals surface area contributed by atoms with Crippen LogP contribution in [0.3, 0.4) is 0 Å². The lowest BCUT2D eigenvalue weighted by atomic mass is 10.1. The molecule has 1 saturated heterocycles. The van der Waals surface area contributed by atoms with Crippen molar-refractivity contribution < 1.29 is 14.3 Å². The Hall–Kier alpha value is -1.84. The molecular formula is C12H13NO3.